The van der Waals surface area contributed by atoms with Gasteiger partial charge in [0, 0.05) is 30.4 Å². The molecule has 9 nitrogen and oxygen atoms in total. The summed E-state index contributed by atoms with van der Waals surface area (Å²) < 4.78 is 83.7. The van der Waals surface area contributed by atoms with Gasteiger partial charge in [-0.15, -0.1) is 10.2 Å². The van der Waals surface area contributed by atoms with Gasteiger partial charge in [-0.3, -0.25) is 15.0 Å². The predicted molar refractivity (Wildman–Crippen MR) is 137 cm³/mol. The van der Waals surface area contributed by atoms with E-state index in [9.17, 15) is 26.3 Å². The van der Waals surface area contributed by atoms with Crippen molar-refractivity contribution in [1.82, 2.24) is 44.8 Å². The van der Waals surface area contributed by atoms with Crippen LogP contribution >= 0.6 is 11.6 Å². The lowest BCUT2D eigenvalue weighted by atomic mass is 10.0. The van der Waals surface area contributed by atoms with Crippen LogP contribution in [0.15, 0.2) is 73.4 Å². The Hall–Kier alpha value is -4.92. The quantitative estimate of drug-likeness (QED) is 0.216. The first kappa shape index (κ1) is 27.3. The summed E-state index contributed by atoms with van der Waals surface area (Å²) in [5.41, 5.74) is -1.28. The van der Waals surface area contributed by atoms with E-state index in [0.29, 0.717) is 33.9 Å². The molecule has 0 saturated carbocycles. The Labute approximate surface area is 236 Å². The van der Waals surface area contributed by atoms with E-state index < -0.39 is 30.0 Å². The average Bonchev–Trinajstić information content (AvgIpc) is 3.57. The zero-order chi connectivity index (χ0) is 29.6. The van der Waals surface area contributed by atoms with Gasteiger partial charge in [-0.05, 0) is 29.8 Å². The van der Waals surface area contributed by atoms with Gasteiger partial charge in [-0.2, -0.15) is 26.3 Å². The third kappa shape index (κ3) is 5.02. The molecule has 16 heteroatoms. The number of alkyl halides is 6. The summed E-state index contributed by atoms with van der Waals surface area (Å²) in [6.07, 6.45) is -2.94. The summed E-state index contributed by atoms with van der Waals surface area (Å²) in [4.78, 5) is 12.8. The van der Waals surface area contributed by atoms with Crippen molar-refractivity contribution < 1.29 is 26.3 Å². The highest BCUT2D eigenvalue weighted by atomic mass is 35.5. The SMILES string of the molecule is FC(F)(F)c1cc(Cn2nnc(-c3nccn4nnc(-c5ccccc5Cl)c34)c2-c2cnccn2)cc(C(F)(F)F)c1. The minimum absolute atomic E-state index is 0.0628. The lowest BCUT2D eigenvalue weighted by molar-refractivity contribution is -0.143. The molecule has 0 aliphatic heterocycles. The number of hydrogen-bond donors (Lipinski definition) is 0. The van der Waals surface area contributed by atoms with Crippen LogP contribution in [0.25, 0.3) is 39.5 Å². The molecule has 0 aliphatic carbocycles. The van der Waals surface area contributed by atoms with Crippen LogP contribution in [0.3, 0.4) is 0 Å². The van der Waals surface area contributed by atoms with Gasteiger partial charge in [-0.1, -0.05) is 40.2 Å². The van der Waals surface area contributed by atoms with Crippen LogP contribution in [-0.4, -0.2) is 44.8 Å². The maximum absolute atomic E-state index is 13.5. The highest BCUT2D eigenvalue weighted by molar-refractivity contribution is 6.33. The number of fused-ring (bicyclic) bond motifs is 1. The third-order valence-electron chi connectivity index (χ3n) is 6.20. The molecule has 0 radical (unpaired) electrons. The standard InChI is InChI=1S/C26H14ClF6N9/c27-18-4-2-1-3-17(18)20-24-21(36-7-8-41(24)39-37-20)22-23(19-12-34-5-6-35-19)42(40-38-22)13-14-9-15(25(28,29)30)11-16(10-14)26(31,32)33/h1-12H,13H2. The minimum atomic E-state index is -5.01. The molecule has 0 fully saturated rings. The molecule has 4 aromatic heterocycles. The fourth-order valence-corrected chi connectivity index (χ4v) is 4.63. The van der Waals surface area contributed by atoms with Gasteiger partial charge in [-0.25, -0.2) is 9.20 Å². The Morgan fingerprint density at radius 3 is 2.14 bits per heavy atom. The minimum Gasteiger partial charge on any atom is -0.261 e. The van der Waals surface area contributed by atoms with E-state index in [2.05, 4.69) is 35.6 Å². The monoisotopic (exact) mass is 601 g/mol. The molecule has 6 aromatic rings. The lowest BCUT2D eigenvalue weighted by Gasteiger charge is -2.15. The summed E-state index contributed by atoms with van der Waals surface area (Å²) in [6.45, 7) is -0.510. The number of rotatable bonds is 5. The molecule has 6 rings (SSSR count). The molecule has 2 aromatic carbocycles. The van der Waals surface area contributed by atoms with Crippen LogP contribution in [0.4, 0.5) is 26.3 Å². The van der Waals surface area contributed by atoms with Crippen molar-refractivity contribution in [1.29, 1.82) is 0 Å². The van der Waals surface area contributed by atoms with Crippen molar-refractivity contribution in [3.63, 3.8) is 0 Å². The topological polar surface area (TPSA) is 99.6 Å². The van der Waals surface area contributed by atoms with Crippen molar-refractivity contribution >= 4 is 17.1 Å². The van der Waals surface area contributed by atoms with Crippen molar-refractivity contribution in [3.8, 4) is 34.0 Å². The molecule has 212 valence electrons. The maximum Gasteiger partial charge on any atom is 0.416 e. The normalized spacial score (nSPS) is 12.3. The smallest absolute Gasteiger partial charge is 0.261 e. The Kier molecular flexibility index (Phi) is 6.60. The molecule has 0 atom stereocenters. The summed E-state index contributed by atoms with van der Waals surface area (Å²) in [5, 5.41) is 17.1. The molecule has 0 spiro atoms. The number of nitrogens with zero attached hydrogens (tertiary/aromatic N) is 9. The van der Waals surface area contributed by atoms with E-state index in [-0.39, 0.29) is 34.4 Å². The largest absolute Gasteiger partial charge is 0.416 e. The summed E-state index contributed by atoms with van der Waals surface area (Å²) in [6, 6.07) is 8.23. The van der Waals surface area contributed by atoms with Gasteiger partial charge in [0.05, 0.1) is 28.9 Å². The number of aromatic nitrogens is 9. The van der Waals surface area contributed by atoms with E-state index >= 15 is 0 Å². The number of hydrogen-bond acceptors (Lipinski definition) is 7. The fourth-order valence-electron chi connectivity index (χ4n) is 4.40. The number of halogens is 7. The van der Waals surface area contributed by atoms with Crippen molar-refractivity contribution in [2.24, 2.45) is 0 Å². The Bertz CT molecular complexity index is 1880. The van der Waals surface area contributed by atoms with Gasteiger partial charge in [0.15, 0.2) is 0 Å². The van der Waals surface area contributed by atoms with E-state index in [0.717, 1.165) is 4.68 Å². The molecule has 42 heavy (non-hydrogen) atoms. The van der Waals surface area contributed by atoms with Gasteiger partial charge < -0.3 is 0 Å². The first-order valence-corrected chi connectivity index (χ1v) is 12.3. The fraction of sp³-hybridized carbons (Fsp3) is 0.115. The van der Waals surface area contributed by atoms with Gasteiger partial charge in [0.1, 0.15) is 34.0 Å². The van der Waals surface area contributed by atoms with Crippen molar-refractivity contribution in [2.45, 2.75) is 18.9 Å². The van der Waals surface area contributed by atoms with Crippen molar-refractivity contribution in [3.05, 3.63) is 95.2 Å². The van der Waals surface area contributed by atoms with Gasteiger partial charge >= 0.3 is 12.4 Å². The molecule has 0 aliphatic rings. The van der Waals surface area contributed by atoms with E-state index in [1.54, 1.807) is 30.5 Å². The molecular weight excluding hydrogens is 588 g/mol. The first-order chi connectivity index (χ1) is 20.0. The van der Waals surface area contributed by atoms with E-state index in [1.165, 1.54) is 29.3 Å². The molecular formula is C26H14ClF6N9. The Balaban J connectivity index is 1.55. The predicted octanol–water partition coefficient (Wildman–Crippen LogP) is 6.25. The van der Waals surface area contributed by atoms with Crippen LogP contribution in [0.5, 0.6) is 0 Å². The van der Waals surface area contributed by atoms with E-state index in [1.807, 2.05) is 0 Å². The highest BCUT2D eigenvalue weighted by Gasteiger charge is 2.37. The summed E-state index contributed by atoms with van der Waals surface area (Å²) in [7, 11) is 0. The van der Waals surface area contributed by atoms with Gasteiger partial charge in [0.2, 0.25) is 0 Å². The number of benzene rings is 2. The molecule has 0 bridgehead atoms. The summed E-state index contributed by atoms with van der Waals surface area (Å²) in [5.74, 6) is 0. The third-order valence-corrected chi connectivity index (χ3v) is 6.53. The second-order valence-corrected chi connectivity index (χ2v) is 9.34. The first-order valence-electron chi connectivity index (χ1n) is 11.9. The summed E-state index contributed by atoms with van der Waals surface area (Å²) >= 11 is 6.42. The molecule has 0 amide bonds. The van der Waals surface area contributed by atoms with Crippen LogP contribution < -0.4 is 0 Å². The van der Waals surface area contributed by atoms with Crippen LogP contribution in [0, 0.1) is 0 Å². The van der Waals surface area contributed by atoms with Gasteiger partial charge in [0.25, 0.3) is 0 Å². The molecule has 4 heterocycles. The van der Waals surface area contributed by atoms with Crippen LogP contribution in [0.2, 0.25) is 5.02 Å². The average molecular weight is 602 g/mol. The Morgan fingerprint density at radius 2 is 1.48 bits per heavy atom. The van der Waals surface area contributed by atoms with E-state index in [4.69, 9.17) is 11.6 Å². The second-order valence-electron chi connectivity index (χ2n) is 8.94. The maximum atomic E-state index is 13.5. The molecule has 0 N–H and O–H groups in total. The second kappa shape index (κ2) is 10.2. The molecule has 0 unspecified atom stereocenters. The molecule has 0 saturated heterocycles. The van der Waals surface area contributed by atoms with Crippen LogP contribution in [-0.2, 0) is 18.9 Å². The highest BCUT2D eigenvalue weighted by Crippen LogP contribution is 2.38. The van der Waals surface area contributed by atoms with Crippen LogP contribution in [0.1, 0.15) is 16.7 Å². The lowest BCUT2D eigenvalue weighted by Crippen LogP contribution is -2.13. The zero-order valence-electron chi connectivity index (χ0n) is 20.8. The van der Waals surface area contributed by atoms with Crippen molar-refractivity contribution in [2.75, 3.05) is 0 Å². The Morgan fingerprint density at radius 1 is 0.762 bits per heavy atom. The zero-order valence-corrected chi connectivity index (χ0v) is 21.6.